The van der Waals surface area contributed by atoms with Crippen LogP contribution in [0.15, 0.2) is 72.8 Å². The first-order valence-electron chi connectivity index (χ1n) is 15.0. The molecule has 3 aromatic rings. The van der Waals surface area contributed by atoms with Crippen LogP contribution in [0.25, 0.3) is 0 Å². The lowest BCUT2D eigenvalue weighted by molar-refractivity contribution is -0.154. The van der Waals surface area contributed by atoms with Crippen molar-refractivity contribution < 1.29 is 39.2 Å². The molecule has 0 saturated carbocycles. The van der Waals surface area contributed by atoms with Gasteiger partial charge in [-0.15, -0.1) is 0 Å². The molecule has 0 spiro atoms. The molecular weight excluding hydrogens is 565 g/mol. The Hall–Kier alpha value is -4.08. The molecule has 3 rings (SSSR count). The number of aliphatic hydroxyl groups excluding tert-OH is 2. The third kappa shape index (κ3) is 9.99. The number of halogens is 1. The number of benzene rings is 3. The van der Waals surface area contributed by atoms with Gasteiger partial charge in [0.1, 0.15) is 12.1 Å². The summed E-state index contributed by atoms with van der Waals surface area (Å²) in [6.45, 7) is 0.162. The van der Waals surface area contributed by atoms with Gasteiger partial charge in [0.2, 0.25) is 0 Å². The van der Waals surface area contributed by atoms with Crippen molar-refractivity contribution in [3.63, 3.8) is 0 Å². The molecule has 0 heterocycles. The van der Waals surface area contributed by atoms with E-state index in [0.29, 0.717) is 31.2 Å². The Morgan fingerprint density at radius 3 is 1.86 bits per heavy atom. The van der Waals surface area contributed by atoms with Crippen molar-refractivity contribution in [3.8, 4) is 0 Å². The van der Waals surface area contributed by atoms with Crippen LogP contribution in [0.4, 0.5) is 10.1 Å². The van der Waals surface area contributed by atoms with Gasteiger partial charge in [0.05, 0.1) is 12.1 Å². The number of anilines is 1. The average Bonchev–Trinajstić information content (AvgIpc) is 3.01. The fraction of sp³-hybridized carbons (Fsp3) is 0.400. The van der Waals surface area contributed by atoms with E-state index >= 15 is 0 Å². The lowest BCUT2D eigenvalue weighted by Crippen LogP contribution is -2.32. The predicted molar refractivity (Wildman–Crippen MR) is 166 cm³/mol. The van der Waals surface area contributed by atoms with Gasteiger partial charge >= 0.3 is 11.9 Å². The maximum atomic E-state index is 13.4. The molecule has 4 N–H and O–H groups in total. The fourth-order valence-electron chi connectivity index (χ4n) is 5.50. The molecule has 0 aliphatic heterocycles. The number of aliphatic carboxylic acids is 2. The molecular formula is C35H42FNO7. The first-order valence-corrected chi connectivity index (χ1v) is 15.0. The van der Waals surface area contributed by atoms with Crippen LogP contribution >= 0.6 is 0 Å². The van der Waals surface area contributed by atoms with Gasteiger partial charge in [-0.2, -0.15) is 0 Å². The number of carboxylic acids is 2. The third-order valence-corrected chi connectivity index (χ3v) is 8.12. The second-order valence-corrected chi connectivity index (χ2v) is 11.2. The molecule has 0 saturated heterocycles. The van der Waals surface area contributed by atoms with Crippen LogP contribution < -0.4 is 4.90 Å². The highest BCUT2D eigenvalue weighted by atomic mass is 19.1. The van der Waals surface area contributed by atoms with Crippen molar-refractivity contribution in [1.82, 2.24) is 0 Å². The largest absolute Gasteiger partial charge is 0.481 e. The minimum absolute atomic E-state index is 0.0252. The van der Waals surface area contributed by atoms with E-state index in [0.717, 1.165) is 47.9 Å². The molecule has 0 fully saturated rings. The number of carboxylic acid groups (broad SMARTS) is 2. The Balaban J connectivity index is 1.80. The van der Waals surface area contributed by atoms with E-state index in [1.54, 1.807) is 0 Å². The number of carbonyl (C=O) groups excluding carboxylic acids is 1. The first-order chi connectivity index (χ1) is 21.1. The van der Waals surface area contributed by atoms with E-state index in [2.05, 4.69) is 0 Å². The minimum atomic E-state index is -1.44. The van der Waals surface area contributed by atoms with Crippen LogP contribution in [-0.4, -0.2) is 52.3 Å². The number of carbonyl (C=O) groups is 3. The van der Waals surface area contributed by atoms with Gasteiger partial charge in [-0.05, 0) is 97.9 Å². The summed E-state index contributed by atoms with van der Waals surface area (Å²) in [6, 6.07) is 21.1. The number of nitrogens with zero attached hydrogens (tertiary/aromatic N) is 1. The van der Waals surface area contributed by atoms with Crippen molar-refractivity contribution >= 4 is 23.9 Å². The van der Waals surface area contributed by atoms with Gasteiger partial charge in [0.15, 0.2) is 5.92 Å². The molecule has 236 valence electrons. The molecule has 0 radical (unpaired) electrons. The lowest BCUT2D eigenvalue weighted by Gasteiger charge is -2.35. The Bertz CT molecular complexity index is 1310. The standard InChI is InChI=1S/C35H42FNO7/c1-37(30-19-10-24(11-20-30)5-2-3-22-38)33(28(23-39)16-21-32(40)26-14-17-29(36)18-15-26)27-12-8-25(9-13-27)6-4-7-31(34(41)42)35(43)44/h8-15,17-20,23,28,31-33,38,40H,2-7,16,21-22H2,1H3,(H,41,42)(H,43,44)/t28-,32-,33+/m0/s1. The van der Waals surface area contributed by atoms with Gasteiger partial charge in [-0.1, -0.05) is 48.5 Å². The number of hydrogen-bond donors (Lipinski definition) is 4. The monoisotopic (exact) mass is 607 g/mol. The van der Waals surface area contributed by atoms with E-state index in [1.165, 1.54) is 24.3 Å². The normalized spacial score (nSPS) is 13.3. The van der Waals surface area contributed by atoms with E-state index in [-0.39, 0.29) is 24.9 Å². The van der Waals surface area contributed by atoms with Crippen molar-refractivity contribution in [2.24, 2.45) is 11.8 Å². The van der Waals surface area contributed by atoms with Gasteiger partial charge in [-0.25, -0.2) is 4.39 Å². The van der Waals surface area contributed by atoms with Gasteiger partial charge in [0, 0.05) is 25.3 Å². The second-order valence-electron chi connectivity index (χ2n) is 11.2. The van der Waals surface area contributed by atoms with Crippen molar-refractivity contribution in [1.29, 1.82) is 0 Å². The Morgan fingerprint density at radius 2 is 1.32 bits per heavy atom. The summed E-state index contributed by atoms with van der Waals surface area (Å²) in [4.78, 5) is 37.0. The summed E-state index contributed by atoms with van der Waals surface area (Å²) in [5.74, 6) is -5.01. The van der Waals surface area contributed by atoms with Crippen LogP contribution in [0.2, 0.25) is 0 Å². The molecule has 0 aliphatic rings. The quantitative estimate of drug-likeness (QED) is 0.0768. The molecule has 0 aromatic heterocycles. The predicted octanol–water partition coefficient (Wildman–Crippen LogP) is 5.76. The van der Waals surface area contributed by atoms with Crippen molar-refractivity contribution in [2.45, 2.75) is 63.5 Å². The summed E-state index contributed by atoms with van der Waals surface area (Å²) >= 11 is 0. The van der Waals surface area contributed by atoms with Crippen molar-refractivity contribution in [2.75, 3.05) is 18.6 Å². The molecule has 0 unspecified atom stereocenters. The molecule has 44 heavy (non-hydrogen) atoms. The highest BCUT2D eigenvalue weighted by molar-refractivity contribution is 5.92. The van der Waals surface area contributed by atoms with E-state index in [1.807, 2.05) is 60.5 Å². The number of rotatable bonds is 19. The Morgan fingerprint density at radius 1 is 0.773 bits per heavy atom. The summed E-state index contributed by atoms with van der Waals surface area (Å²) in [5, 5.41) is 38.1. The maximum absolute atomic E-state index is 13.4. The van der Waals surface area contributed by atoms with E-state index < -0.39 is 29.9 Å². The molecule has 3 atom stereocenters. The number of unbranched alkanes of at least 4 members (excludes halogenated alkanes) is 1. The van der Waals surface area contributed by atoms with Gasteiger partial charge in [0.25, 0.3) is 0 Å². The zero-order valence-electron chi connectivity index (χ0n) is 25.0. The van der Waals surface area contributed by atoms with Crippen LogP contribution in [0, 0.1) is 17.7 Å². The Labute approximate surface area is 257 Å². The molecule has 9 heteroatoms. The first kappa shape index (κ1) is 34.4. The number of aldehydes is 1. The minimum Gasteiger partial charge on any atom is -0.481 e. The maximum Gasteiger partial charge on any atom is 0.317 e. The number of aryl methyl sites for hydroxylation is 2. The SMILES string of the molecule is CN(c1ccc(CCCCO)cc1)[C@H](c1ccc(CCCC(C(=O)O)C(=O)O)cc1)[C@H](C=O)CC[C@H](O)c1ccc(F)cc1. The molecule has 0 amide bonds. The summed E-state index contributed by atoms with van der Waals surface area (Å²) in [6.07, 6.45) is 4.15. The Kier molecular flexibility index (Phi) is 13.5. The number of hydrogen-bond acceptors (Lipinski definition) is 6. The molecule has 0 bridgehead atoms. The topological polar surface area (TPSA) is 135 Å². The van der Waals surface area contributed by atoms with Gasteiger partial charge < -0.3 is 30.1 Å². The lowest BCUT2D eigenvalue weighted by atomic mass is 9.86. The molecule has 8 nitrogen and oxygen atoms in total. The van der Waals surface area contributed by atoms with Crippen LogP contribution in [0.1, 0.15) is 72.9 Å². The van der Waals surface area contributed by atoms with E-state index in [4.69, 9.17) is 15.3 Å². The smallest absolute Gasteiger partial charge is 0.317 e. The molecule has 3 aromatic carbocycles. The van der Waals surface area contributed by atoms with Crippen LogP contribution in [-0.2, 0) is 27.2 Å². The number of aliphatic hydroxyl groups is 2. The third-order valence-electron chi connectivity index (χ3n) is 8.12. The van der Waals surface area contributed by atoms with E-state index in [9.17, 15) is 23.9 Å². The zero-order valence-corrected chi connectivity index (χ0v) is 25.0. The second kappa shape index (κ2) is 17.3. The fourth-order valence-corrected chi connectivity index (χ4v) is 5.50. The highest BCUT2D eigenvalue weighted by Gasteiger charge is 2.29. The zero-order chi connectivity index (χ0) is 32.1. The summed E-state index contributed by atoms with van der Waals surface area (Å²) < 4.78 is 13.4. The van der Waals surface area contributed by atoms with Gasteiger partial charge in [-0.3, -0.25) is 9.59 Å². The van der Waals surface area contributed by atoms with Crippen LogP contribution in [0.3, 0.4) is 0 Å². The van der Waals surface area contributed by atoms with Crippen molar-refractivity contribution in [3.05, 3.63) is 101 Å². The molecule has 0 aliphatic carbocycles. The van der Waals surface area contributed by atoms with Crippen LogP contribution in [0.5, 0.6) is 0 Å². The average molecular weight is 608 g/mol. The summed E-state index contributed by atoms with van der Waals surface area (Å²) in [5.41, 5.74) is 4.44. The highest BCUT2D eigenvalue weighted by Crippen LogP contribution is 2.35. The summed E-state index contributed by atoms with van der Waals surface area (Å²) in [7, 11) is 1.92.